The highest BCUT2D eigenvalue weighted by Crippen LogP contribution is 2.26. The number of pyridine rings is 1. The molecule has 0 aliphatic rings. The molecular formula is C13H11ClN4O. The highest BCUT2D eigenvalue weighted by molar-refractivity contribution is 6.33. The van der Waals surface area contributed by atoms with Gasteiger partial charge in [-0.2, -0.15) is 4.98 Å². The quantitative estimate of drug-likeness (QED) is 0.705. The molecule has 96 valence electrons. The molecule has 3 rings (SSSR count). The number of fused-ring (bicyclic) bond motifs is 1. The monoisotopic (exact) mass is 274 g/mol. The number of aromatic amines is 1. The number of nitrogens with zero attached hydrogens (tertiary/aromatic N) is 2. The van der Waals surface area contributed by atoms with Crippen LogP contribution < -0.4 is 10.5 Å². The average Bonchev–Trinajstić information content (AvgIpc) is 2.84. The normalized spacial score (nSPS) is 10.8. The third-order valence-corrected chi connectivity index (χ3v) is 3.14. The Kier molecular flexibility index (Phi) is 2.76. The smallest absolute Gasteiger partial charge is 0.215 e. The lowest BCUT2D eigenvalue weighted by molar-refractivity contribution is 0.399. The second kappa shape index (κ2) is 4.44. The predicted molar refractivity (Wildman–Crippen MR) is 75.3 cm³/mol. The highest BCUT2D eigenvalue weighted by atomic mass is 35.5. The minimum Gasteiger partial charge on any atom is -0.481 e. The Balaban J connectivity index is 2.11. The fourth-order valence-corrected chi connectivity index (χ4v) is 1.93. The van der Waals surface area contributed by atoms with E-state index < -0.39 is 0 Å². The van der Waals surface area contributed by atoms with E-state index in [4.69, 9.17) is 22.1 Å². The van der Waals surface area contributed by atoms with Gasteiger partial charge in [0.1, 0.15) is 5.82 Å². The first kappa shape index (κ1) is 11.8. The number of rotatable bonds is 2. The van der Waals surface area contributed by atoms with Crippen molar-refractivity contribution in [1.82, 2.24) is 15.0 Å². The molecule has 0 saturated heterocycles. The van der Waals surface area contributed by atoms with Crippen LogP contribution in [0.1, 0.15) is 0 Å². The second-order valence-corrected chi connectivity index (χ2v) is 4.45. The number of ether oxygens (including phenoxy) is 1. The molecule has 6 heteroatoms. The summed E-state index contributed by atoms with van der Waals surface area (Å²) in [5.74, 6) is 1.22. The van der Waals surface area contributed by atoms with Crippen LogP contribution in [0.25, 0.3) is 22.6 Å². The van der Waals surface area contributed by atoms with Crippen LogP contribution in [0, 0.1) is 0 Å². The molecule has 0 spiro atoms. The van der Waals surface area contributed by atoms with Gasteiger partial charge in [0.05, 0.1) is 23.3 Å². The molecule has 0 aliphatic carbocycles. The molecule has 0 saturated carbocycles. The van der Waals surface area contributed by atoms with E-state index in [2.05, 4.69) is 15.0 Å². The number of imidazole rings is 1. The zero-order valence-electron chi connectivity index (χ0n) is 10.1. The lowest BCUT2D eigenvalue weighted by atomic mass is 10.2. The number of hydrogen-bond donors (Lipinski definition) is 2. The molecule has 0 radical (unpaired) electrons. The summed E-state index contributed by atoms with van der Waals surface area (Å²) in [6, 6.07) is 9.02. The van der Waals surface area contributed by atoms with E-state index >= 15 is 0 Å². The minimum absolute atomic E-state index is 0.519. The summed E-state index contributed by atoms with van der Waals surface area (Å²) in [5, 5.41) is 0.527. The maximum absolute atomic E-state index is 5.90. The first-order chi connectivity index (χ1) is 9.17. The Morgan fingerprint density at radius 2 is 2.05 bits per heavy atom. The van der Waals surface area contributed by atoms with Gasteiger partial charge in [-0.25, -0.2) is 4.98 Å². The van der Waals surface area contributed by atoms with Gasteiger partial charge >= 0.3 is 0 Å². The lowest BCUT2D eigenvalue weighted by Gasteiger charge is -2.00. The SMILES string of the molecule is COc1ccc2[nH]c(-c3ccc(Cl)c(N)c3)nc2n1. The van der Waals surface area contributed by atoms with Crippen LogP contribution in [0.4, 0.5) is 5.69 Å². The third-order valence-electron chi connectivity index (χ3n) is 2.80. The van der Waals surface area contributed by atoms with Gasteiger partial charge in [-0.05, 0) is 24.3 Å². The van der Waals surface area contributed by atoms with Crippen LogP contribution in [0.5, 0.6) is 5.88 Å². The van der Waals surface area contributed by atoms with Crippen LogP contribution in [-0.2, 0) is 0 Å². The number of H-pyrrole nitrogens is 1. The molecule has 2 aromatic heterocycles. The number of nitrogen functional groups attached to an aromatic ring is 1. The van der Waals surface area contributed by atoms with Gasteiger partial charge in [0.2, 0.25) is 5.88 Å². The van der Waals surface area contributed by atoms with Crippen molar-refractivity contribution >= 4 is 28.5 Å². The van der Waals surface area contributed by atoms with Gasteiger partial charge in [0, 0.05) is 11.6 Å². The number of hydrogen-bond acceptors (Lipinski definition) is 4. The predicted octanol–water partition coefficient (Wildman–Crippen LogP) is 2.87. The number of anilines is 1. The number of nitrogens with one attached hydrogen (secondary N) is 1. The Morgan fingerprint density at radius 3 is 2.79 bits per heavy atom. The van der Waals surface area contributed by atoms with Crippen LogP contribution >= 0.6 is 11.6 Å². The molecule has 0 aliphatic heterocycles. The van der Waals surface area contributed by atoms with Crippen molar-refractivity contribution in [2.24, 2.45) is 0 Å². The Bertz CT molecular complexity index is 753. The van der Waals surface area contributed by atoms with Gasteiger partial charge in [-0.3, -0.25) is 0 Å². The van der Waals surface area contributed by atoms with Crippen molar-refractivity contribution < 1.29 is 4.74 Å². The summed E-state index contributed by atoms with van der Waals surface area (Å²) >= 11 is 5.90. The molecule has 0 amide bonds. The maximum atomic E-state index is 5.90. The highest BCUT2D eigenvalue weighted by Gasteiger charge is 2.08. The minimum atomic E-state index is 0.519. The molecule has 3 aromatic rings. The van der Waals surface area contributed by atoms with Crippen LogP contribution in [0.2, 0.25) is 5.02 Å². The number of benzene rings is 1. The van der Waals surface area contributed by atoms with Crippen molar-refractivity contribution in [3.63, 3.8) is 0 Å². The van der Waals surface area contributed by atoms with Gasteiger partial charge in [-0.1, -0.05) is 11.6 Å². The van der Waals surface area contributed by atoms with E-state index in [9.17, 15) is 0 Å². The summed E-state index contributed by atoms with van der Waals surface area (Å²) in [5.41, 5.74) is 8.60. The fourth-order valence-electron chi connectivity index (χ4n) is 1.82. The zero-order valence-corrected chi connectivity index (χ0v) is 10.9. The summed E-state index contributed by atoms with van der Waals surface area (Å²) in [4.78, 5) is 11.9. The Morgan fingerprint density at radius 1 is 1.21 bits per heavy atom. The van der Waals surface area contributed by atoms with Crippen molar-refractivity contribution in [2.75, 3.05) is 12.8 Å². The maximum Gasteiger partial charge on any atom is 0.215 e. The first-order valence-electron chi connectivity index (χ1n) is 5.63. The summed E-state index contributed by atoms with van der Waals surface area (Å²) in [6.45, 7) is 0. The molecule has 0 fully saturated rings. The van der Waals surface area contributed by atoms with Gasteiger partial charge < -0.3 is 15.5 Å². The zero-order chi connectivity index (χ0) is 13.4. The topological polar surface area (TPSA) is 76.8 Å². The van der Waals surface area contributed by atoms with Crippen molar-refractivity contribution in [3.05, 3.63) is 35.4 Å². The van der Waals surface area contributed by atoms with E-state index in [-0.39, 0.29) is 0 Å². The third kappa shape index (κ3) is 2.08. The van der Waals surface area contributed by atoms with E-state index in [1.165, 1.54) is 0 Å². The lowest BCUT2D eigenvalue weighted by Crippen LogP contribution is -1.88. The average molecular weight is 275 g/mol. The van der Waals surface area contributed by atoms with Crippen molar-refractivity contribution in [3.8, 4) is 17.3 Å². The Labute approximate surface area is 114 Å². The van der Waals surface area contributed by atoms with Crippen LogP contribution in [-0.4, -0.2) is 22.1 Å². The summed E-state index contributed by atoms with van der Waals surface area (Å²) in [7, 11) is 1.57. The second-order valence-electron chi connectivity index (χ2n) is 4.05. The molecule has 0 atom stereocenters. The molecule has 3 N–H and O–H groups in total. The molecule has 0 unspecified atom stereocenters. The molecule has 19 heavy (non-hydrogen) atoms. The molecule has 5 nitrogen and oxygen atoms in total. The summed E-state index contributed by atoms with van der Waals surface area (Å²) in [6.07, 6.45) is 0. The van der Waals surface area contributed by atoms with E-state index in [0.29, 0.717) is 28.1 Å². The van der Waals surface area contributed by atoms with Crippen molar-refractivity contribution in [1.29, 1.82) is 0 Å². The van der Waals surface area contributed by atoms with Crippen LogP contribution in [0.15, 0.2) is 30.3 Å². The number of nitrogens with two attached hydrogens (primary N) is 1. The Hall–Kier alpha value is -2.27. The standard InChI is InChI=1S/C13H11ClN4O/c1-19-11-5-4-10-13(17-11)18-12(16-10)7-2-3-8(14)9(15)6-7/h2-6H,15H2,1H3,(H,16,17,18). The number of methoxy groups -OCH3 is 1. The molecule has 0 bridgehead atoms. The molecule has 2 heterocycles. The van der Waals surface area contributed by atoms with Gasteiger partial charge in [-0.15, -0.1) is 0 Å². The van der Waals surface area contributed by atoms with E-state index in [1.54, 1.807) is 25.3 Å². The molecular weight excluding hydrogens is 264 g/mol. The first-order valence-corrected chi connectivity index (χ1v) is 6.01. The van der Waals surface area contributed by atoms with E-state index in [0.717, 1.165) is 11.1 Å². The van der Waals surface area contributed by atoms with Gasteiger partial charge in [0.15, 0.2) is 5.65 Å². The summed E-state index contributed by atoms with van der Waals surface area (Å²) < 4.78 is 5.07. The van der Waals surface area contributed by atoms with Crippen LogP contribution in [0.3, 0.4) is 0 Å². The van der Waals surface area contributed by atoms with Gasteiger partial charge in [0.25, 0.3) is 0 Å². The molecule has 1 aromatic carbocycles. The largest absolute Gasteiger partial charge is 0.481 e. The fraction of sp³-hybridized carbons (Fsp3) is 0.0769. The number of aromatic nitrogens is 3. The van der Waals surface area contributed by atoms with Crippen molar-refractivity contribution in [2.45, 2.75) is 0 Å². The van der Waals surface area contributed by atoms with E-state index in [1.807, 2.05) is 12.1 Å². The number of halogens is 1.